The van der Waals surface area contributed by atoms with Crippen LogP contribution in [0.2, 0.25) is 0 Å². The number of anilines is 1. The largest absolute Gasteiger partial charge is 0.369 e. The van der Waals surface area contributed by atoms with Crippen molar-refractivity contribution in [3.8, 4) is 0 Å². The van der Waals surface area contributed by atoms with Gasteiger partial charge in [-0.3, -0.25) is 9.59 Å². The van der Waals surface area contributed by atoms with Crippen LogP contribution in [0.15, 0.2) is 51.4 Å². The lowest BCUT2D eigenvalue weighted by Crippen LogP contribution is -2.14. The number of primary amides is 1. The van der Waals surface area contributed by atoms with Gasteiger partial charge in [-0.1, -0.05) is 28.1 Å². The molecule has 0 bridgehead atoms. The summed E-state index contributed by atoms with van der Waals surface area (Å²) in [4.78, 5) is 23.0. The van der Waals surface area contributed by atoms with Crippen LogP contribution in [-0.4, -0.2) is 11.8 Å². The molecular weight excluding hydrogens is 400 g/mol. The van der Waals surface area contributed by atoms with Crippen molar-refractivity contribution in [3.05, 3.63) is 62.5 Å². The van der Waals surface area contributed by atoms with E-state index in [4.69, 9.17) is 5.73 Å². The zero-order chi connectivity index (χ0) is 15.4. The van der Waals surface area contributed by atoms with Crippen LogP contribution in [0.1, 0.15) is 15.9 Å². The molecule has 0 aliphatic carbocycles. The predicted molar refractivity (Wildman–Crippen MR) is 89.1 cm³/mol. The first-order valence-corrected chi connectivity index (χ1v) is 7.68. The number of carbonyl (C=O) groups is 2. The molecule has 4 nitrogen and oxygen atoms in total. The first-order chi connectivity index (χ1) is 9.95. The second-order valence-electron chi connectivity index (χ2n) is 4.42. The lowest BCUT2D eigenvalue weighted by atomic mass is 10.1. The van der Waals surface area contributed by atoms with E-state index in [9.17, 15) is 9.59 Å². The smallest absolute Gasteiger partial charge is 0.256 e. The van der Waals surface area contributed by atoms with Crippen LogP contribution >= 0.6 is 31.9 Å². The summed E-state index contributed by atoms with van der Waals surface area (Å²) >= 11 is 6.69. The average Bonchev–Trinajstić information content (AvgIpc) is 2.43. The number of amides is 2. The van der Waals surface area contributed by atoms with Gasteiger partial charge in [0.1, 0.15) is 0 Å². The van der Waals surface area contributed by atoms with Gasteiger partial charge in [0.25, 0.3) is 5.91 Å². The van der Waals surface area contributed by atoms with Gasteiger partial charge in [0, 0.05) is 14.6 Å². The number of carbonyl (C=O) groups excluding carboxylic acids is 2. The monoisotopic (exact) mass is 410 g/mol. The van der Waals surface area contributed by atoms with Crippen LogP contribution in [0.5, 0.6) is 0 Å². The molecule has 2 aromatic carbocycles. The summed E-state index contributed by atoms with van der Waals surface area (Å²) in [5, 5.41) is 2.80. The van der Waals surface area contributed by atoms with E-state index >= 15 is 0 Å². The molecule has 3 N–H and O–H groups in total. The van der Waals surface area contributed by atoms with Crippen LogP contribution < -0.4 is 11.1 Å². The van der Waals surface area contributed by atoms with Gasteiger partial charge in [0.05, 0.1) is 12.0 Å². The zero-order valence-electron chi connectivity index (χ0n) is 10.9. The SMILES string of the molecule is NC(=O)Cc1ccc(NC(=O)c2cc(Br)ccc2Br)cc1. The molecular formula is C15H12Br2N2O2. The van der Waals surface area contributed by atoms with Crippen molar-refractivity contribution < 1.29 is 9.59 Å². The Labute approximate surface area is 139 Å². The fraction of sp³-hybridized carbons (Fsp3) is 0.0667. The summed E-state index contributed by atoms with van der Waals surface area (Å²) in [6.07, 6.45) is 0.186. The second-order valence-corrected chi connectivity index (χ2v) is 6.19. The topological polar surface area (TPSA) is 72.2 Å². The maximum Gasteiger partial charge on any atom is 0.256 e. The van der Waals surface area contributed by atoms with Crippen molar-refractivity contribution >= 4 is 49.4 Å². The Bertz CT molecular complexity index is 685. The quantitative estimate of drug-likeness (QED) is 0.808. The molecule has 6 heteroatoms. The third-order valence-corrected chi connectivity index (χ3v) is 3.95. The maximum atomic E-state index is 12.2. The Morgan fingerprint density at radius 2 is 1.71 bits per heavy atom. The fourth-order valence-corrected chi connectivity index (χ4v) is 2.56. The van der Waals surface area contributed by atoms with E-state index in [-0.39, 0.29) is 18.2 Å². The maximum absolute atomic E-state index is 12.2. The molecule has 2 amide bonds. The molecule has 0 unspecified atom stereocenters. The molecule has 0 aromatic heterocycles. The molecule has 21 heavy (non-hydrogen) atoms. The number of hydrogen-bond donors (Lipinski definition) is 2. The highest BCUT2D eigenvalue weighted by atomic mass is 79.9. The van der Waals surface area contributed by atoms with Crippen molar-refractivity contribution in [2.24, 2.45) is 5.73 Å². The van der Waals surface area contributed by atoms with Gasteiger partial charge in [-0.05, 0) is 51.8 Å². The number of nitrogens with one attached hydrogen (secondary N) is 1. The molecule has 0 saturated carbocycles. The number of hydrogen-bond acceptors (Lipinski definition) is 2. The van der Waals surface area contributed by atoms with Crippen LogP contribution in [0, 0.1) is 0 Å². The van der Waals surface area contributed by atoms with Crippen molar-refractivity contribution in [2.75, 3.05) is 5.32 Å². The first kappa shape index (κ1) is 15.7. The first-order valence-electron chi connectivity index (χ1n) is 6.09. The Morgan fingerprint density at radius 1 is 1.05 bits per heavy atom. The molecule has 0 spiro atoms. The molecule has 0 saturated heterocycles. The third kappa shape index (κ3) is 4.41. The van der Waals surface area contributed by atoms with E-state index in [0.717, 1.165) is 10.0 Å². The van der Waals surface area contributed by atoms with E-state index in [2.05, 4.69) is 37.2 Å². The van der Waals surface area contributed by atoms with Gasteiger partial charge in [0.2, 0.25) is 5.91 Å². The minimum absolute atomic E-state index is 0.186. The minimum atomic E-state index is -0.384. The van der Waals surface area contributed by atoms with Crippen molar-refractivity contribution in [2.45, 2.75) is 6.42 Å². The van der Waals surface area contributed by atoms with E-state index in [1.54, 1.807) is 36.4 Å². The predicted octanol–water partition coefficient (Wildman–Crippen LogP) is 3.49. The average molecular weight is 412 g/mol. The van der Waals surface area contributed by atoms with Gasteiger partial charge in [-0.15, -0.1) is 0 Å². The van der Waals surface area contributed by atoms with Gasteiger partial charge < -0.3 is 11.1 Å². The molecule has 2 aromatic rings. The number of benzene rings is 2. The summed E-state index contributed by atoms with van der Waals surface area (Å²) in [7, 11) is 0. The minimum Gasteiger partial charge on any atom is -0.369 e. The lowest BCUT2D eigenvalue weighted by Gasteiger charge is -2.08. The van der Waals surface area contributed by atoms with E-state index in [1.807, 2.05) is 6.07 Å². The van der Waals surface area contributed by atoms with E-state index < -0.39 is 0 Å². The molecule has 0 aliphatic heterocycles. The lowest BCUT2D eigenvalue weighted by molar-refractivity contribution is -0.117. The van der Waals surface area contributed by atoms with Crippen LogP contribution in [-0.2, 0) is 11.2 Å². The fourth-order valence-electron chi connectivity index (χ4n) is 1.78. The summed E-state index contributed by atoms with van der Waals surface area (Å²) in [6, 6.07) is 12.4. The normalized spacial score (nSPS) is 10.2. The van der Waals surface area contributed by atoms with Crippen LogP contribution in [0.25, 0.3) is 0 Å². The Balaban J connectivity index is 2.12. The molecule has 2 rings (SSSR count). The summed E-state index contributed by atoms with van der Waals surface area (Å²) in [5.41, 5.74) is 7.13. The molecule has 0 fully saturated rings. The molecule has 0 radical (unpaired) electrons. The second kappa shape index (κ2) is 6.87. The summed E-state index contributed by atoms with van der Waals surface area (Å²) < 4.78 is 1.54. The Hall–Kier alpha value is -1.66. The summed E-state index contributed by atoms with van der Waals surface area (Å²) in [5.74, 6) is -0.601. The zero-order valence-corrected chi connectivity index (χ0v) is 14.1. The number of halogens is 2. The summed E-state index contributed by atoms with van der Waals surface area (Å²) in [6.45, 7) is 0. The van der Waals surface area contributed by atoms with E-state index in [1.165, 1.54) is 0 Å². The molecule has 0 aliphatic rings. The Kier molecular flexibility index (Phi) is 5.14. The van der Waals surface area contributed by atoms with Crippen molar-refractivity contribution in [1.82, 2.24) is 0 Å². The Morgan fingerprint density at radius 3 is 2.33 bits per heavy atom. The molecule has 0 heterocycles. The van der Waals surface area contributed by atoms with Gasteiger partial charge in [-0.25, -0.2) is 0 Å². The number of nitrogens with two attached hydrogens (primary N) is 1. The highest BCUT2D eigenvalue weighted by Gasteiger charge is 2.11. The van der Waals surface area contributed by atoms with Crippen LogP contribution in [0.3, 0.4) is 0 Å². The van der Waals surface area contributed by atoms with Gasteiger partial charge in [0.15, 0.2) is 0 Å². The van der Waals surface area contributed by atoms with Gasteiger partial charge in [-0.2, -0.15) is 0 Å². The third-order valence-electron chi connectivity index (χ3n) is 2.76. The van der Waals surface area contributed by atoms with Crippen molar-refractivity contribution in [3.63, 3.8) is 0 Å². The standard InChI is InChI=1S/C15H12Br2N2O2/c16-10-3-6-13(17)12(8-10)15(21)19-11-4-1-9(2-5-11)7-14(18)20/h1-6,8H,7H2,(H2,18,20)(H,19,21). The highest BCUT2D eigenvalue weighted by Crippen LogP contribution is 2.22. The highest BCUT2D eigenvalue weighted by molar-refractivity contribution is 9.11. The van der Waals surface area contributed by atoms with E-state index in [0.29, 0.717) is 15.7 Å². The van der Waals surface area contributed by atoms with Crippen molar-refractivity contribution in [1.29, 1.82) is 0 Å². The van der Waals surface area contributed by atoms with Gasteiger partial charge >= 0.3 is 0 Å². The molecule has 0 atom stereocenters. The molecule has 108 valence electrons. The van der Waals surface area contributed by atoms with Crippen LogP contribution in [0.4, 0.5) is 5.69 Å². The number of rotatable bonds is 4.